The third kappa shape index (κ3) is 5.60. The summed E-state index contributed by atoms with van der Waals surface area (Å²) in [6.07, 6.45) is 7.02. The summed E-state index contributed by atoms with van der Waals surface area (Å²) in [7, 11) is 2.12. The van der Waals surface area contributed by atoms with Crippen molar-refractivity contribution in [2.75, 3.05) is 25.5 Å². The number of hydrogen-bond acceptors (Lipinski definition) is 4. The molecule has 0 unspecified atom stereocenters. The van der Waals surface area contributed by atoms with E-state index in [-0.39, 0.29) is 22.7 Å². The van der Waals surface area contributed by atoms with E-state index < -0.39 is 17.5 Å². The zero-order valence-corrected chi connectivity index (χ0v) is 21.5. The third-order valence-corrected chi connectivity index (χ3v) is 7.84. The molecule has 1 aromatic heterocycles. The minimum absolute atomic E-state index is 0.109. The second-order valence-corrected chi connectivity index (χ2v) is 10.5. The van der Waals surface area contributed by atoms with Gasteiger partial charge in [0.25, 0.3) is 5.91 Å². The molecule has 3 aromatic rings. The number of hydrogen-bond donors (Lipinski definition) is 2. The molecule has 2 aromatic carbocycles. The minimum atomic E-state index is -1.00. The van der Waals surface area contributed by atoms with Crippen LogP contribution in [0.3, 0.4) is 0 Å². The van der Waals surface area contributed by atoms with Gasteiger partial charge >= 0.3 is 0 Å². The average molecular weight is 519 g/mol. The Kier molecular flexibility index (Phi) is 7.51. The lowest BCUT2D eigenvalue weighted by Gasteiger charge is -2.43. The lowest BCUT2D eigenvalue weighted by molar-refractivity contribution is -0.125. The molecule has 2 N–H and O–H groups in total. The van der Waals surface area contributed by atoms with Crippen molar-refractivity contribution in [3.05, 3.63) is 83.6 Å². The number of halogens is 2. The van der Waals surface area contributed by atoms with Crippen LogP contribution in [0.1, 0.15) is 54.4 Å². The molecule has 0 atom stereocenters. The summed E-state index contributed by atoms with van der Waals surface area (Å²) >= 11 is 0. The summed E-state index contributed by atoms with van der Waals surface area (Å²) in [5.41, 5.74) is 2.09. The van der Waals surface area contributed by atoms with Crippen LogP contribution in [0.15, 0.2) is 60.8 Å². The Hall–Kier alpha value is -3.65. The van der Waals surface area contributed by atoms with Crippen LogP contribution in [0.5, 0.6) is 0 Å². The van der Waals surface area contributed by atoms with Crippen molar-refractivity contribution in [2.45, 2.75) is 44.1 Å². The number of carbonyl (C=O) groups is 2. The van der Waals surface area contributed by atoms with Gasteiger partial charge in [-0.1, -0.05) is 12.1 Å². The van der Waals surface area contributed by atoms with E-state index >= 15 is 0 Å². The first kappa shape index (κ1) is 26.0. The van der Waals surface area contributed by atoms with Gasteiger partial charge in [0.15, 0.2) is 11.6 Å². The van der Waals surface area contributed by atoms with Crippen LogP contribution in [-0.2, 0) is 10.3 Å². The van der Waals surface area contributed by atoms with Gasteiger partial charge < -0.3 is 15.5 Å². The molecule has 1 aliphatic carbocycles. The fourth-order valence-corrected chi connectivity index (χ4v) is 5.40. The largest absolute Gasteiger partial charge is 0.347 e. The number of piperidine rings is 1. The Balaban J connectivity index is 1.26. The summed E-state index contributed by atoms with van der Waals surface area (Å²) in [6.45, 7) is 2.08. The Labute approximate surface area is 221 Å². The van der Waals surface area contributed by atoms with Crippen LogP contribution in [0.4, 0.5) is 14.5 Å². The van der Waals surface area contributed by atoms with E-state index in [1.54, 1.807) is 12.1 Å². The topological polar surface area (TPSA) is 74.3 Å². The number of benzene rings is 2. The van der Waals surface area contributed by atoms with Crippen molar-refractivity contribution >= 4 is 17.5 Å². The predicted molar refractivity (Wildman–Crippen MR) is 142 cm³/mol. The maximum absolute atomic E-state index is 13.8. The van der Waals surface area contributed by atoms with Gasteiger partial charge in [0.1, 0.15) is 0 Å². The van der Waals surface area contributed by atoms with E-state index in [0.717, 1.165) is 62.9 Å². The molecule has 1 aliphatic heterocycles. The molecule has 2 heterocycles. The highest BCUT2D eigenvalue weighted by Gasteiger charge is 2.40. The molecule has 38 heavy (non-hydrogen) atoms. The predicted octanol–water partition coefficient (Wildman–Crippen LogP) is 5.51. The Morgan fingerprint density at radius 3 is 2.42 bits per heavy atom. The van der Waals surface area contributed by atoms with Crippen LogP contribution < -0.4 is 10.6 Å². The molecule has 0 spiro atoms. The second-order valence-electron chi connectivity index (χ2n) is 10.5. The highest BCUT2D eigenvalue weighted by molar-refractivity contribution is 6.08. The van der Waals surface area contributed by atoms with Crippen molar-refractivity contribution in [3.63, 3.8) is 0 Å². The molecule has 2 fully saturated rings. The first-order valence-corrected chi connectivity index (χ1v) is 13.1. The van der Waals surface area contributed by atoms with Crippen LogP contribution in [0, 0.1) is 17.6 Å². The van der Waals surface area contributed by atoms with Crippen LogP contribution in [-0.4, -0.2) is 41.8 Å². The number of nitrogens with one attached hydrogen (secondary N) is 2. The molecule has 198 valence electrons. The van der Waals surface area contributed by atoms with E-state index in [1.165, 1.54) is 12.3 Å². The normalized spacial score (nSPS) is 17.4. The number of amides is 2. The molecule has 1 saturated carbocycles. The molecular weight excluding hydrogens is 486 g/mol. The maximum Gasteiger partial charge on any atom is 0.257 e. The molecule has 2 aliphatic rings. The van der Waals surface area contributed by atoms with Gasteiger partial charge in [0, 0.05) is 23.9 Å². The number of aromatic nitrogens is 1. The van der Waals surface area contributed by atoms with Gasteiger partial charge in [-0.15, -0.1) is 0 Å². The van der Waals surface area contributed by atoms with Crippen LogP contribution >= 0.6 is 0 Å². The summed E-state index contributed by atoms with van der Waals surface area (Å²) in [6, 6.07) is 14.2. The fraction of sp³-hybridized carbons (Fsp3) is 0.367. The van der Waals surface area contributed by atoms with E-state index in [0.29, 0.717) is 23.6 Å². The number of pyridine rings is 1. The van der Waals surface area contributed by atoms with E-state index in [1.807, 2.05) is 24.3 Å². The van der Waals surface area contributed by atoms with Gasteiger partial charge in [-0.05, 0) is 106 Å². The minimum Gasteiger partial charge on any atom is -0.347 e. The first-order chi connectivity index (χ1) is 18.3. The molecule has 1 saturated heterocycles. The number of carbonyl (C=O) groups excluding carboxylic acids is 2. The Bertz CT molecular complexity index is 1320. The fourth-order valence-electron chi connectivity index (χ4n) is 5.40. The molecule has 5 rings (SSSR count). The van der Waals surface area contributed by atoms with Gasteiger partial charge in [0.2, 0.25) is 5.91 Å². The van der Waals surface area contributed by atoms with Crippen molar-refractivity contribution in [1.29, 1.82) is 0 Å². The molecule has 0 radical (unpaired) electrons. The van der Waals surface area contributed by atoms with Crippen LogP contribution in [0.2, 0.25) is 0 Å². The number of nitrogens with zero attached hydrogens (tertiary/aromatic N) is 2. The maximum atomic E-state index is 13.8. The Morgan fingerprint density at radius 2 is 1.76 bits per heavy atom. The SMILES string of the molecule is CN1CCC(CC(=O)NC2(c3ccc(NC(=O)c4cccnc4-c4ccc(F)c(F)c4)cc3)CCC2)CC1. The van der Waals surface area contributed by atoms with Gasteiger partial charge in [-0.2, -0.15) is 0 Å². The smallest absolute Gasteiger partial charge is 0.257 e. The average Bonchev–Trinajstić information content (AvgIpc) is 2.90. The molecular formula is C30H32F2N4O2. The lowest BCUT2D eigenvalue weighted by atomic mass is 9.71. The van der Waals surface area contributed by atoms with E-state index in [2.05, 4.69) is 27.6 Å². The van der Waals surface area contributed by atoms with E-state index in [4.69, 9.17) is 0 Å². The van der Waals surface area contributed by atoms with Crippen molar-refractivity contribution in [3.8, 4) is 11.3 Å². The zero-order valence-electron chi connectivity index (χ0n) is 21.5. The van der Waals surface area contributed by atoms with Gasteiger partial charge in [-0.3, -0.25) is 14.6 Å². The van der Waals surface area contributed by atoms with Gasteiger partial charge in [0.05, 0.1) is 16.8 Å². The van der Waals surface area contributed by atoms with Crippen LogP contribution in [0.25, 0.3) is 11.3 Å². The van der Waals surface area contributed by atoms with Gasteiger partial charge in [-0.25, -0.2) is 8.78 Å². The standard InChI is InChI=1S/C30H32F2N4O2/c1-36-16-11-20(12-17-36)18-27(37)35-30(13-3-14-30)22-6-8-23(9-7-22)34-29(38)24-4-2-15-33-28(24)21-5-10-25(31)26(32)19-21/h2,4-10,15,19-20H,3,11-14,16-18H2,1H3,(H,34,38)(H,35,37). The highest BCUT2D eigenvalue weighted by atomic mass is 19.2. The zero-order chi connectivity index (χ0) is 26.7. The Morgan fingerprint density at radius 1 is 1.03 bits per heavy atom. The molecule has 6 nitrogen and oxygen atoms in total. The van der Waals surface area contributed by atoms with Crippen molar-refractivity contribution in [1.82, 2.24) is 15.2 Å². The van der Waals surface area contributed by atoms with Crippen molar-refractivity contribution < 1.29 is 18.4 Å². The first-order valence-electron chi connectivity index (χ1n) is 13.1. The number of likely N-dealkylation sites (tertiary alicyclic amines) is 1. The summed E-state index contributed by atoms with van der Waals surface area (Å²) in [4.78, 5) is 32.5. The highest BCUT2D eigenvalue weighted by Crippen LogP contribution is 2.42. The van der Waals surface area contributed by atoms with Crippen molar-refractivity contribution in [2.24, 2.45) is 5.92 Å². The number of anilines is 1. The number of rotatable bonds is 7. The lowest BCUT2D eigenvalue weighted by Crippen LogP contribution is -2.51. The molecule has 8 heteroatoms. The quantitative estimate of drug-likeness (QED) is 0.433. The summed E-state index contributed by atoms with van der Waals surface area (Å²) in [5.74, 6) is -1.82. The molecule has 2 amide bonds. The van der Waals surface area contributed by atoms with E-state index in [9.17, 15) is 18.4 Å². The third-order valence-electron chi connectivity index (χ3n) is 7.84. The summed E-state index contributed by atoms with van der Waals surface area (Å²) < 4.78 is 27.2. The monoisotopic (exact) mass is 518 g/mol. The second kappa shape index (κ2) is 11.0. The molecule has 0 bridgehead atoms. The summed E-state index contributed by atoms with van der Waals surface area (Å²) in [5, 5.41) is 6.19.